The molecule has 0 bridgehead atoms. The maximum atomic E-state index is 10.8. The molecule has 2 aliphatic carbocycles. The van der Waals surface area contributed by atoms with E-state index in [1.54, 1.807) is 0 Å². The van der Waals surface area contributed by atoms with Crippen LogP contribution in [-0.4, -0.2) is 21.2 Å². The van der Waals surface area contributed by atoms with Gasteiger partial charge in [0, 0.05) is 5.92 Å². The first-order valence-corrected chi connectivity index (χ1v) is 7.25. The van der Waals surface area contributed by atoms with Crippen LogP contribution in [0.5, 0.6) is 0 Å². The maximum absolute atomic E-state index is 10.8. The lowest BCUT2D eigenvalue weighted by Crippen LogP contribution is -2.13. The van der Waals surface area contributed by atoms with Crippen molar-refractivity contribution >= 4 is 5.97 Å². The second-order valence-corrected chi connectivity index (χ2v) is 5.90. The maximum Gasteiger partial charge on any atom is 0.307 e. The van der Waals surface area contributed by atoms with Crippen molar-refractivity contribution in [2.45, 2.75) is 57.3 Å². The van der Waals surface area contributed by atoms with Gasteiger partial charge in [0.1, 0.15) is 0 Å². The Bertz CT molecular complexity index is 463. The van der Waals surface area contributed by atoms with Gasteiger partial charge < -0.3 is 9.63 Å². The molecule has 3 rings (SSSR count). The van der Waals surface area contributed by atoms with Gasteiger partial charge in [0.2, 0.25) is 5.89 Å². The van der Waals surface area contributed by atoms with E-state index in [4.69, 9.17) is 9.63 Å². The van der Waals surface area contributed by atoms with Crippen LogP contribution in [0.1, 0.15) is 69.0 Å². The van der Waals surface area contributed by atoms with Gasteiger partial charge in [-0.15, -0.1) is 0 Å². The minimum Gasteiger partial charge on any atom is -0.481 e. The minimum absolute atomic E-state index is 0.0502. The topological polar surface area (TPSA) is 76.2 Å². The van der Waals surface area contributed by atoms with Crippen molar-refractivity contribution in [2.75, 3.05) is 0 Å². The number of aliphatic carboxylic acids is 1. The molecule has 0 spiro atoms. The largest absolute Gasteiger partial charge is 0.481 e. The van der Waals surface area contributed by atoms with Crippen LogP contribution in [0.2, 0.25) is 0 Å². The van der Waals surface area contributed by atoms with Crippen molar-refractivity contribution in [3.63, 3.8) is 0 Å². The Morgan fingerprint density at radius 3 is 2.68 bits per heavy atom. The number of aromatic nitrogens is 2. The lowest BCUT2D eigenvalue weighted by molar-refractivity contribution is -0.138. The summed E-state index contributed by atoms with van der Waals surface area (Å²) in [4.78, 5) is 15.3. The highest BCUT2D eigenvalue weighted by atomic mass is 16.5. The molecule has 2 fully saturated rings. The molecule has 2 unspecified atom stereocenters. The van der Waals surface area contributed by atoms with Gasteiger partial charge in [0.15, 0.2) is 5.82 Å². The van der Waals surface area contributed by atoms with Crippen LogP contribution in [-0.2, 0) is 4.79 Å². The standard InChI is InChI=1S/C14H20N2O3/c1-2-8-3-5-9(6-4-8)12-15-13(19-16-12)10-7-11(10)14(17)18/h8-11H,2-7H2,1H3,(H,17,18). The zero-order valence-electron chi connectivity index (χ0n) is 11.2. The van der Waals surface area contributed by atoms with E-state index in [-0.39, 0.29) is 11.8 Å². The van der Waals surface area contributed by atoms with E-state index in [0.717, 1.165) is 24.6 Å². The Labute approximate surface area is 112 Å². The average molecular weight is 264 g/mol. The summed E-state index contributed by atoms with van der Waals surface area (Å²) in [6.07, 6.45) is 6.64. The number of carboxylic acids is 1. The smallest absolute Gasteiger partial charge is 0.307 e. The number of carboxylic acid groups (broad SMARTS) is 1. The molecular weight excluding hydrogens is 244 g/mol. The second kappa shape index (κ2) is 4.94. The molecule has 0 aliphatic heterocycles. The molecule has 1 aromatic heterocycles. The van der Waals surface area contributed by atoms with E-state index >= 15 is 0 Å². The van der Waals surface area contributed by atoms with Gasteiger partial charge in [-0.3, -0.25) is 4.79 Å². The summed E-state index contributed by atoms with van der Waals surface area (Å²) in [5.41, 5.74) is 0. The third-order valence-corrected chi connectivity index (χ3v) is 4.67. The number of nitrogens with zero attached hydrogens (tertiary/aromatic N) is 2. The minimum atomic E-state index is -0.756. The Balaban J connectivity index is 1.61. The quantitative estimate of drug-likeness (QED) is 0.904. The van der Waals surface area contributed by atoms with Crippen molar-refractivity contribution in [3.05, 3.63) is 11.7 Å². The Hall–Kier alpha value is -1.39. The molecule has 5 nitrogen and oxygen atoms in total. The monoisotopic (exact) mass is 264 g/mol. The highest BCUT2D eigenvalue weighted by molar-refractivity contribution is 5.74. The zero-order valence-corrected chi connectivity index (χ0v) is 11.2. The number of carbonyl (C=O) groups is 1. The van der Waals surface area contributed by atoms with Crippen molar-refractivity contribution in [1.29, 1.82) is 0 Å². The molecule has 5 heteroatoms. The van der Waals surface area contributed by atoms with Gasteiger partial charge in [-0.2, -0.15) is 4.98 Å². The van der Waals surface area contributed by atoms with Crippen LogP contribution in [0.15, 0.2) is 4.52 Å². The average Bonchev–Trinajstić information content (AvgIpc) is 3.09. The molecule has 104 valence electrons. The second-order valence-electron chi connectivity index (χ2n) is 5.90. The lowest BCUT2D eigenvalue weighted by Gasteiger charge is -2.25. The summed E-state index contributed by atoms with van der Waals surface area (Å²) in [5, 5.41) is 13.0. The zero-order chi connectivity index (χ0) is 13.4. The van der Waals surface area contributed by atoms with Crippen LogP contribution < -0.4 is 0 Å². The number of hydrogen-bond acceptors (Lipinski definition) is 4. The van der Waals surface area contributed by atoms with Gasteiger partial charge in [0.05, 0.1) is 11.8 Å². The van der Waals surface area contributed by atoms with Crippen molar-refractivity contribution in [3.8, 4) is 0 Å². The van der Waals surface area contributed by atoms with Gasteiger partial charge in [-0.05, 0) is 38.0 Å². The fraction of sp³-hybridized carbons (Fsp3) is 0.786. The van der Waals surface area contributed by atoms with Crippen LogP contribution >= 0.6 is 0 Å². The van der Waals surface area contributed by atoms with Crippen LogP contribution in [0.4, 0.5) is 0 Å². The third kappa shape index (κ3) is 2.51. The van der Waals surface area contributed by atoms with E-state index in [0.29, 0.717) is 18.2 Å². The fourth-order valence-electron chi connectivity index (χ4n) is 3.13. The van der Waals surface area contributed by atoms with E-state index in [1.165, 1.54) is 19.3 Å². The molecular formula is C14H20N2O3. The van der Waals surface area contributed by atoms with E-state index in [1.807, 2.05) is 0 Å². The molecule has 1 heterocycles. The molecule has 0 saturated heterocycles. The van der Waals surface area contributed by atoms with Crippen molar-refractivity contribution in [1.82, 2.24) is 10.1 Å². The van der Waals surface area contributed by atoms with Gasteiger partial charge in [-0.25, -0.2) is 0 Å². The summed E-state index contributed by atoms with van der Waals surface area (Å²) in [7, 11) is 0. The lowest BCUT2D eigenvalue weighted by atomic mass is 9.80. The first-order valence-electron chi connectivity index (χ1n) is 7.25. The third-order valence-electron chi connectivity index (χ3n) is 4.67. The predicted octanol–water partition coefficient (Wildman–Crippen LogP) is 2.94. The summed E-state index contributed by atoms with van der Waals surface area (Å²) in [5.74, 6) is 1.45. The van der Waals surface area contributed by atoms with Crippen LogP contribution in [0.3, 0.4) is 0 Å². The summed E-state index contributed by atoms with van der Waals surface area (Å²) >= 11 is 0. The van der Waals surface area contributed by atoms with Crippen LogP contribution in [0, 0.1) is 11.8 Å². The van der Waals surface area contributed by atoms with Gasteiger partial charge in [-0.1, -0.05) is 18.5 Å². The summed E-state index contributed by atoms with van der Waals surface area (Å²) < 4.78 is 5.25. The van der Waals surface area contributed by atoms with E-state index in [9.17, 15) is 4.79 Å². The first kappa shape index (κ1) is 12.6. The normalized spacial score (nSPS) is 34.2. The number of hydrogen-bond donors (Lipinski definition) is 1. The summed E-state index contributed by atoms with van der Waals surface area (Å²) in [6.45, 7) is 2.25. The Morgan fingerprint density at radius 2 is 2.11 bits per heavy atom. The van der Waals surface area contributed by atoms with Crippen LogP contribution in [0.25, 0.3) is 0 Å². The molecule has 0 aromatic carbocycles. The highest BCUT2D eigenvalue weighted by Gasteiger charge is 2.48. The Kier molecular flexibility index (Phi) is 3.29. The molecule has 2 aliphatic rings. The first-order chi connectivity index (χ1) is 9.19. The predicted molar refractivity (Wildman–Crippen MR) is 67.8 cm³/mol. The van der Waals surface area contributed by atoms with E-state index in [2.05, 4.69) is 17.1 Å². The molecule has 2 atom stereocenters. The SMILES string of the molecule is CCC1CCC(c2noc(C3CC3C(=O)O)n2)CC1. The summed E-state index contributed by atoms with van der Waals surface area (Å²) in [6, 6.07) is 0. The molecule has 1 aromatic rings. The van der Waals surface area contributed by atoms with Gasteiger partial charge in [0.25, 0.3) is 0 Å². The molecule has 1 N–H and O–H groups in total. The molecule has 19 heavy (non-hydrogen) atoms. The number of rotatable bonds is 4. The van der Waals surface area contributed by atoms with Crippen molar-refractivity contribution < 1.29 is 14.4 Å². The highest BCUT2D eigenvalue weighted by Crippen LogP contribution is 2.47. The fourth-order valence-corrected chi connectivity index (χ4v) is 3.13. The van der Waals surface area contributed by atoms with E-state index < -0.39 is 5.97 Å². The molecule has 0 amide bonds. The molecule has 0 radical (unpaired) electrons. The van der Waals surface area contributed by atoms with Crippen molar-refractivity contribution in [2.24, 2.45) is 11.8 Å². The van der Waals surface area contributed by atoms with Gasteiger partial charge >= 0.3 is 5.97 Å². The Morgan fingerprint density at radius 1 is 1.37 bits per heavy atom. The molecule has 2 saturated carbocycles.